The second kappa shape index (κ2) is 5.10. The fourth-order valence-electron chi connectivity index (χ4n) is 1.07. The molecule has 0 aliphatic heterocycles. The zero-order valence-electron chi connectivity index (χ0n) is 7.84. The molecule has 0 atom stereocenters. The molecular formula is C10H11BrFNO. The average molecular weight is 260 g/mol. The highest BCUT2D eigenvalue weighted by Crippen LogP contribution is 2.06. The van der Waals surface area contributed by atoms with Crippen LogP contribution in [0.15, 0.2) is 24.3 Å². The van der Waals surface area contributed by atoms with Crippen molar-refractivity contribution >= 4 is 21.8 Å². The Hall–Kier alpha value is -0.900. The van der Waals surface area contributed by atoms with Gasteiger partial charge in [-0.05, 0) is 18.2 Å². The van der Waals surface area contributed by atoms with Gasteiger partial charge >= 0.3 is 0 Å². The molecule has 0 saturated carbocycles. The zero-order valence-corrected chi connectivity index (χ0v) is 9.42. The number of benzene rings is 1. The van der Waals surface area contributed by atoms with Crippen LogP contribution in [0.3, 0.4) is 0 Å². The van der Waals surface area contributed by atoms with E-state index >= 15 is 0 Å². The Bertz CT molecular complexity index is 330. The molecule has 0 bridgehead atoms. The van der Waals surface area contributed by atoms with Gasteiger partial charge in [-0.3, -0.25) is 4.79 Å². The molecule has 0 aliphatic carbocycles. The molecule has 1 amide bonds. The fraction of sp³-hybridized carbons (Fsp3) is 0.300. The minimum Gasteiger partial charge on any atom is -0.341 e. The number of carbonyl (C=O) groups excluding carboxylic acids is 1. The van der Waals surface area contributed by atoms with Crippen molar-refractivity contribution in [2.24, 2.45) is 0 Å². The first-order valence-electron chi connectivity index (χ1n) is 4.22. The number of amides is 1. The van der Waals surface area contributed by atoms with E-state index in [1.165, 1.54) is 18.2 Å². The van der Waals surface area contributed by atoms with Crippen molar-refractivity contribution in [2.45, 2.75) is 0 Å². The Morgan fingerprint density at radius 1 is 1.57 bits per heavy atom. The van der Waals surface area contributed by atoms with Crippen LogP contribution in [-0.4, -0.2) is 29.7 Å². The number of nitrogens with zero attached hydrogens (tertiary/aromatic N) is 1. The van der Waals surface area contributed by atoms with Gasteiger partial charge in [0.2, 0.25) is 0 Å². The number of halogens is 2. The molecule has 1 rings (SSSR count). The summed E-state index contributed by atoms with van der Waals surface area (Å²) in [4.78, 5) is 13.2. The van der Waals surface area contributed by atoms with E-state index in [-0.39, 0.29) is 11.7 Å². The maximum atomic E-state index is 12.8. The van der Waals surface area contributed by atoms with E-state index in [0.717, 1.165) is 0 Å². The second-order valence-corrected chi connectivity index (χ2v) is 3.72. The Morgan fingerprint density at radius 3 is 2.86 bits per heavy atom. The zero-order chi connectivity index (χ0) is 10.6. The van der Waals surface area contributed by atoms with E-state index in [9.17, 15) is 9.18 Å². The average Bonchev–Trinajstić information content (AvgIpc) is 2.17. The van der Waals surface area contributed by atoms with Gasteiger partial charge in [0.25, 0.3) is 5.91 Å². The van der Waals surface area contributed by atoms with Crippen LogP contribution in [0.4, 0.5) is 4.39 Å². The number of hydrogen-bond donors (Lipinski definition) is 0. The summed E-state index contributed by atoms with van der Waals surface area (Å²) in [6, 6.07) is 5.70. The summed E-state index contributed by atoms with van der Waals surface area (Å²) in [6.07, 6.45) is 0. The van der Waals surface area contributed by atoms with E-state index in [1.807, 2.05) is 0 Å². The van der Waals surface area contributed by atoms with Gasteiger partial charge in [-0.2, -0.15) is 0 Å². The van der Waals surface area contributed by atoms with Gasteiger partial charge in [0.05, 0.1) is 0 Å². The van der Waals surface area contributed by atoms with Crippen LogP contribution in [0.2, 0.25) is 0 Å². The molecule has 0 aliphatic rings. The number of rotatable bonds is 3. The molecule has 0 spiro atoms. The van der Waals surface area contributed by atoms with E-state index < -0.39 is 0 Å². The van der Waals surface area contributed by atoms with Gasteiger partial charge < -0.3 is 4.90 Å². The first-order chi connectivity index (χ1) is 6.65. The molecule has 14 heavy (non-hydrogen) atoms. The van der Waals surface area contributed by atoms with Crippen molar-refractivity contribution in [3.63, 3.8) is 0 Å². The molecule has 0 unspecified atom stereocenters. The van der Waals surface area contributed by atoms with Crippen LogP contribution in [0.25, 0.3) is 0 Å². The topological polar surface area (TPSA) is 20.3 Å². The van der Waals surface area contributed by atoms with Crippen molar-refractivity contribution in [3.05, 3.63) is 35.6 Å². The molecule has 2 nitrogen and oxygen atoms in total. The molecule has 0 saturated heterocycles. The lowest BCUT2D eigenvalue weighted by Gasteiger charge is -2.15. The van der Waals surface area contributed by atoms with Gasteiger partial charge in [-0.15, -0.1) is 0 Å². The van der Waals surface area contributed by atoms with Crippen molar-refractivity contribution in [2.75, 3.05) is 18.9 Å². The summed E-state index contributed by atoms with van der Waals surface area (Å²) in [5.74, 6) is -0.549. The van der Waals surface area contributed by atoms with Crippen molar-refractivity contribution in [1.29, 1.82) is 0 Å². The maximum Gasteiger partial charge on any atom is 0.253 e. The van der Waals surface area contributed by atoms with Gasteiger partial charge in [-0.25, -0.2) is 4.39 Å². The quantitative estimate of drug-likeness (QED) is 0.763. The fourth-order valence-corrected chi connectivity index (χ4v) is 1.60. The molecule has 0 fully saturated rings. The third kappa shape index (κ3) is 2.80. The van der Waals surface area contributed by atoms with Crippen LogP contribution in [0.5, 0.6) is 0 Å². The predicted molar refractivity (Wildman–Crippen MR) is 57.2 cm³/mol. The summed E-state index contributed by atoms with van der Waals surface area (Å²) < 4.78 is 12.8. The summed E-state index contributed by atoms with van der Waals surface area (Å²) in [6.45, 7) is 0.606. The summed E-state index contributed by atoms with van der Waals surface area (Å²) >= 11 is 3.24. The van der Waals surface area contributed by atoms with Gasteiger partial charge in [0, 0.05) is 24.5 Å². The first kappa shape index (κ1) is 11.2. The van der Waals surface area contributed by atoms with Crippen LogP contribution in [0, 0.1) is 5.82 Å². The van der Waals surface area contributed by atoms with Gasteiger partial charge in [0.15, 0.2) is 0 Å². The molecule has 4 heteroatoms. The highest BCUT2D eigenvalue weighted by molar-refractivity contribution is 9.09. The number of alkyl halides is 1. The SMILES string of the molecule is CN(CCBr)C(=O)c1cccc(F)c1. The summed E-state index contributed by atoms with van der Waals surface area (Å²) in [5.41, 5.74) is 0.383. The lowest BCUT2D eigenvalue weighted by atomic mass is 10.2. The minimum atomic E-state index is -0.386. The summed E-state index contributed by atoms with van der Waals surface area (Å²) in [5, 5.41) is 0.713. The highest BCUT2D eigenvalue weighted by atomic mass is 79.9. The Labute approximate surface area is 90.8 Å². The standard InChI is InChI=1S/C10H11BrFNO/c1-13(6-5-11)10(14)8-3-2-4-9(12)7-8/h2-4,7H,5-6H2,1H3. The Balaban J connectivity index is 2.78. The van der Waals surface area contributed by atoms with Crippen LogP contribution < -0.4 is 0 Å². The van der Waals surface area contributed by atoms with Crippen molar-refractivity contribution in [1.82, 2.24) is 4.90 Å². The lowest BCUT2D eigenvalue weighted by molar-refractivity contribution is 0.0803. The summed E-state index contributed by atoms with van der Waals surface area (Å²) in [7, 11) is 1.69. The van der Waals surface area contributed by atoms with Crippen molar-refractivity contribution < 1.29 is 9.18 Å². The third-order valence-electron chi connectivity index (χ3n) is 1.84. The molecular weight excluding hydrogens is 249 g/mol. The first-order valence-corrected chi connectivity index (χ1v) is 5.34. The Morgan fingerprint density at radius 2 is 2.29 bits per heavy atom. The maximum absolute atomic E-state index is 12.8. The monoisotopic (exact) mass is 259 g/mol. The van der Waals surface area contributed by atoms with Gasteiger partial charge in [-0.1, -0.05) is 22.0 Å². The van der Waals surface area contributed by atoms with E-state index in [0.29, 0.717) is 17.4 Å². The Kier molecular flexibility index (Phi) is 4.07. The minimum absolute atomic E-state index is 0.163. The lowest BCUT2D eigenvalue weighted by Crippen LogP contribution is -2.28. The molecule has 0 N–H and O–H groups in total. The number of carbonyl (C=O) groups is 1. The van der Waals surface area contributed by atoms with Gasteiger partial charge in [0.1, 0.15) is 5.82 Å². The molecule has 1 aromatic rings. The van der Waals surface area contributed by atoms with E-state index in [2.05, 4.69) is 15.9 Å². The molecule has 0 radical (unpaired) electrons. The number of hydrogen-bond acceptors (Lipinski definition) is 1. The largest absolute Gasteiger partial charge is 0.341 e. The van der Waals surface area contributed by atoms with E-state index in [4.69, 9.17) is 0 Å². The molecule has 1 aromatic carbocycles. The highest BCUT2D eigenvalue weighted by Gasteiger charge is 2.10. The second-order valence-electron chi connectivity index (χ2n) is 2.93. The molecule has 0 aromatic heterocycles. The van der Waals surface area contributed by atoms with Crippen LogP contribution in [0.1, 0.15) is 10.4 Å². The third-order valence-corrected chi connectivity index (χ3v) is 2.19. The smallest absolute Gasteiger partial charge is 0.253 e. The molecule has 76 valence electrons. The normalized spacial score (nSPS) is 9.93. The van der Waals surface area contributed by atoms with Crippen LogP contribution >= 0.6 is 15.9 Å². The van der Waals surface area contributed by atoms with E-state index in [1.54, 1.807) is 18.0 Å². The molecule has 0 heterocycles. The van der Waals surface area contributed by atoms with Crippen molar-refractivity contribution in [3.8, 4) is 0 Å². The van der Waals surface area contributed by atoms with Crippen LogP contribution in [-0.2, 0) is 0 Å². The predicted octanol–water partition coefficient (Wildman–Crippen LogP) is 2.29.